The third-order valence-corrected chi connectivity index (χ3v) is 15.1. The lowest BCUT2D eigenvalue weighted by Gasteiger charge is -2.24. The van der Waals surface area contributed by atoms with Crippen LogP contribution in [0.1, 0.15) is 25.0 Å². The van der Waals surface area contributed by atoms with Crippen LogP contribution in [0.5, 0.6) is 0 Å². The third kappa shape index (κ3) is 6.34. The van der Waals surface area contributed by atoms with Crippen molar-refractivity contribution in [2.24, 2.45) is 0 Å². The second-order valence-electron chi connectivity index (χ2n) is 17.4. The lowest BCUT2D eigenvalue weighted by atomic mass is 9.81. The SMILES string of the molecule is CC1(C)c2ccccc2-c2cc3c(cc21)S(=O)(=O)c1ccccc1-c1ccccc1-c1ccccc1-c1ccc(-c2nc(-c4ccccc4)cc(-c4cnc(-c5ccccc5)nc4)n2)cc1-3. The van der Waals surface area contributed by atoms with Crippen LogP contribution in [0.15, 0.2) is 216 Å². The molecule has 2 aromatic heterocycles. The summed E-state index contributed by atoms with van der Waals surface area (Å²) in [6.07, 6.45) is 3.61. The van der Waals surface area contributed by atoms with Gasteiger partial charge in [-0.05, 0) is 86.0 Å². The predicted molar refractivity (Wildman–Crippen MR) is 264 cm³/mol. The van der Waals surface area contributed by atoms with Crippen molar-refractivity contribution in [2.75, 3.05) is 0 Å². The van der Waals surface area contributed by atoms with Crippen LogP contribution in [0, 0.1) is 0 Å². The van der Waals surface area contributed by atoms with Gasteiger partial charge in [0, 0.05) is 51.2 Å². The lowest BCUT2D eigenvalue weighted by Crippen LogP contribution is -2.16. The molecule has 0 bridgehead atoms. The summed E-state index contributed by atoms with van der Waals surface area (Å²) in [5.41, 5.74) is 15.2. The van der Waals surface area contributed by atoms with Gasteiger partial charge in [0.2, 0.25) is 9.84 Å². The monoisotopic (exact) mass is 868 g/mol. The number of hydrogen-bond acceptors (Lipinski definition) is 6. The van der Waals surface area contributed by atoms with Gasteiger partial charge >= 0.3 is 0 Å². The van der Waals surface area contributed by atoms with E-state index in [9.17, 15) is 0 Å². The summed E-state index contributed by atoms with van der Waals surface area (Å²) in [6, 6.07) is 64.6. The maximum atomic E-state index is 15.9. The van der Waals surface area contributed by atoms with E-state index in [1.807, 2.05) is 115 Å². The van der Waals surface area contributed by atoms with Crippen molar-refractivity contribution in [3.05, 3.63) is 218 Å². The van der Waals surface area contributed by atoms with E-state index in [4.69, 9.17) is 19.9 Å². The fraction of sp³-hybridized carbons (Fsp3) is 0.0508. The molecule has 1 aliphatic carbocycles. The topological polar surface area (TPSA) is 85.7 Å². The molecule has 0 N–H and O–H groups in total. The molecule has 10 aromatic rings. The quantitative estimate of drug-likeness (QED) is 0.175. The van der Waals surface area contributed by atoms with Crippen LogP contribution in [0.2, 0.25) is 0 Å². The van der Waals surface area contributed by atoms with Crippen molar-refractivity contribution in [3.63, 3.8) is 0 Å². The van der Waals surface area contributed by atoms with Gasteiger partial charge in [-0.25, -0.2) is 28.4 Å². The molecule has 6 nitrogen and oxygen atoms in total. The Balaban J connectivity index is 1.16. The van der Waals surface area contributed by atoms with E-state index in [1.165, 1.54) is 0 Å². The van der Waals surface area contributed by atoms with Crippen LogP contribution in [-0.4, -0.2) is 28.4 Å². The molecule has 0 spiro atoms. The smallest absolute Gasteiger partial charge is 0.207 e. The zero-order chi connectivity index (χ0) is 44.6. The number of sulfone groups is 1. The second kappa shape index (κ2) is 15.3. The van der Waals surface area contributed by atoms with Gasteiger partial charge < -0.3 is 0 Å². The first-order chi connectivity index (χ1) is 32.2. The molecule has 0 unspecified atom stereocenters. The number of benzene rings is 8. The maximum Gasteiger partial charge on any atom is 0.207 e. The first kappa shape index (κ1) is 39.5. The second-order valence-corrected chi connectivity index (χ2v) is 19.3. The molecule has 12 rings (SSSR count). The van der Waals surface area contributed by atoms with E-state index in [0.29, 0.717) is 28.5 Å². The summed E-state index contributed by atoms with van der Waals surface area (Å²) >= 11 is 0. The van der Waals surface area contributed by atoms with E-state index < -0.39 is 15.3 Å². The van der Waals surface area contributed by atoms with Gasteiger partial charge in [-0.15, -0.1) is 0 Å². The van der Waals surface area contributed by atoms with Crippen LogP contribution in [0.3, 0.4) is 0 Å². The zero-order valence-corrected chi connectivity index (χ0v) is 37.0. The first-order valence-corrected chi connectivity index (χ1v) is 23.5. The molecule has 66 heavy (non-hydrogen) atoms. The fourth-order valence-corrected chi connectivity index (χ4v) is 11.6. The lowest BCUT2D eigenvalue weighted by molar-refractivity contribution is 0.596. The molecule has 1 aliphatic heterocycles. The van der Waals surface area contributed by atoms with Crippen molar-refractivity contribution in [2.45, 2.75) is 29.1 Å². The highest BCUT2D eigenvalue weighted by atomic mass is 32.2. The van der Waals surface area contributed by atoms with Crippen LogP contribution < -0.4 is 0 Å². The van der Waals surface area contributed by atoms with Gasteiger partial charge in [0.1, 0.15) is 0 Å². The minimum atomic E-state index is -4.18. The highest BCUT2D eigenvalue weighted by Gasteiger charge is 2.39. The molecule has 8 aromatic carbocycles. The summed E-state index contributed by atoms with van der Waals surface area (Å²) in [5.74, 6) is 1.11. The van der Waals surface area contributed by atoms with E-state index >= 15 is 8.42 Å². The molecule has 0 amide bonds. The highest BCUT2D eigenvalue weighted by molar-refractivity contribution is 7.91. The van der Waals surface area contributed by atoms with Crippen molar-refractivity contribution < 1.29 is 8.42 Å². The molecular weight excluding hydrogens is 829 g/mol. The molecule has 314 valence electrons. The predicted octanol–water partition coefficient (Wildman–Crippen LogP) is 14.1. The van der Waals surface area contributed by atoms with Gasteiger partial charge in [0.05, 0.1) is 21.2 Å². The molecule has 0 radical (unpaired) electrons. The van der Waals surface area contributed by atoms with E-state index in [0.717, 1.165) is 83.6 Å². The van der Waals surface area contributed by atoms with Crippen LogP contribution >= 0.6 is 0 Å². The number of rotatable bonds is 4. The Morgan fingerprint density at radius 3 is 1.52 bits per heavy atom. The third-order valence-electron chi connectivity index (χ3n) is 13.2. The Bertz CT molecular complexity index is 3680. The summed E-state index contributed by atoms with van der Waals surface area (Å²) in [7, 11) is -4.18. The molecule has 0 atom stereocenters. The van der Waals surface area contributed by atoms with Gasteiger partial charge in [-0.2, -0.15) is 0 Å². The van der Waals surface area contributed by atoms with Crippen LogP contribution in [-0.2, 0) is 15.3 Å². The largest absolute Gasteiger partial charge is 0.236 e. The minimum Gasteiger partial charge on any atom is -0.236 e. The van der Waals surface area contributed by atoms with Crippen molar-refractivity contribution in [3.8, 4) is 101 Å². The molecular formula is C59H40N4O2S. The van der Waals surface area contributed by atoms with Gasteiger partial charge in [0.25, 0.3) is 0 Å². The fourth-order valence-electron chi connectivity index (χ4n) is 9.93. The average molecular weight is 869 g/mol. The molecule has 0 saturated heterocycles. The Morgan fingerprint density at radius 2 is 0.864 bits per heavy atom. The number of nitrogens with zero attached hydrogens (tertiary/aromatic N) is 4. The van der Waals surface area contributed by atoms with E-state index in [1.54, 1.807) is 18.5 Å². The number of fused-ring (bicyclic) bond motifs is 12. The summed E-state index contributed by atoms with van der Waals surface area (Å²) in [6.45, 7) is 4.37. The first-order valence-electron chi connectivity index (χ1n) is 22.0. The molecule has 7 heteroatoms. The Kier molecular flexibility index (Phi) is 9.12. The Morgan fingerprint density at radius 1 is 0.348 bits per heavy atom. The average Bonchev–Trinajstić information content (AvgIpc) is 3.60. The van der Waals surface area contributed by atoms with Crippen molar-refractivity contribution >= 4 is 9.84 Å². The summed E-state index contributed by atoms with van der Waals surface area (Å²) in [5, 5.41) is 0. The summed E-state index contributed by atoms with van der Waals surface area (Å²) in [4.78, 5) is 20.5. The van der Waals surface area contributed by atoms with E-state index in [-0.39, 0.29) is 9.79 Å². The number of aromatic nitrogens is 4. The molecule has 0 saturated carbocycles. The highest BCUT2D eigenvalue weighted by Crippen LogP contribution is 2.54. The zero-order valence-electron chi connectivity index (χ0n) is 36.1. The Hall–Kier alpha value is -8.13. The van der Waals surface area contributed by atoms with Crippen molar-refractivity contribution in [1.82, 2.24) is 19.9 Å². The molecule has 0 fully saturated rings. The van der Waals surface area contributed by atoms with Crippen LogP contribution in [0.4, 0.5) is 0 Å². The van der Waals surface area contributed by atoms with Gasteiger partial charge in [-0.1, -0.05) is 178 Å². The standard InChI is InChI=1S/C59H40N4O2S/c1-59(2)51-27-15-13-25-46(51)49-32-50-48-31-39(58-62-53(37-17-5-3-6-18-37)34-54(63-58)40-35-60-57(61-36-40)38-19-7-4-8-20-38)29-30-45(48)43-23-10-9-21-41(43)42-22-11-12-24-44(42)47-26-14-16-28-55(47)66(64,65)56(50)33-52(49)59/h3-36H,1-2H3. The summed E-state index contributed by atoms with van der Waals surface area (Å²) < 4.78 is 31.7. The van der Waals surface area contributed by atoms with Crippen LogP contribution in [0.25, 0.3) is 101 Å². The number of hydrogen-bond donors (Lipinski definition) is 0. The maximum absolute atomic E-state index is 15.9. The van der Waals surface area contributed by atoms with Gasteiger partial charge in [0.15, 0.2) is 11.6 Å². The van der Waals surface area contributed by atoms with Gasteiger partial charge in [-0.3, -0.25) is 0 Å². The Labute approximate surface area is 384 Å². The van der Waals surface area contributed by atoms with E-state index in [2.05, 4.69) is 86.6 Å². The van der Waals surface area contributed by atoms with Crippen molar-refractivity contribution in [1.29, 1.82) is 0 Å². The molecule has 3 heterocycles. The normalized spacial score (nSPS) is 13.7. The minimum absolute atomic E-state index is 0.250. The molecule has 2 aliphatic rings.